The molecule has 7 nitrogen and oxygen atoms in total. The summed E-state index contributed by atoms with van der Waals surface area (Å²) in [6.07, 6.45) is 0. The average Bonchev–Trinajstić information content (AvgIpc) is 2.42. The smallest absolute Gasteiger partial charge is 0.278 e. The Morgan fingerprint density at radius 1 is 1.50 bits per heavy atom. The quantitative estimate of drug-likeness (QED) is 0.814. The number of rotatable bonds is 4. The number of nitrogens with one attached hydrogen (secondary N) is 1. The molecule has 2 aromatic rings. The van der Waals surface area contributed by atoms with Crippen molar-refractivity contribution in [2.75, 3.05) is 0 Å². The molecule has 2 rings (SSSR count). The van der Waals surface area contributed by atoms with E-state index < -0.39 is 17.3 Å². The third-order valence-electron chi connectivity index (χ3n) is 2.82. The van der Waals surface area contributed by atoms with Gasteiger partial charge < -0.3 is 5.41 Å². The van der Waals surface area contributed by atoms with E-state index in [2.05, 4.69) is 10.3 Å². The Bertz CT molecular complexity index is 787. The van der Waals surface area contributed by atoms with Gasteiger partial charge in [-0.05, 0) is 19.1 Å². The highest BCUT2D eigenvalue weighted by Crippen LogP contribution is 2.04. The average molecular weight is 269 g/mol. The highest BCUT2D eigenvalue weighted by Gasteiger charge is 2.21. The van der Waals surface area contributed by atoms with Gasteiger partial charge in [-0.15, -0.1) is 5.10 Å². The standard InChI is InChI=1S/C13H11N5O2/c1-8(15)10(6-14)12(19)7-18-13(20)9-4-2-3-5-11(9)16-17-18/h2-5,10,15H,7H2,1H3. The first-order valence-electron chi connectivity index (χ1n) is 5.84. The van der Waals surface area contributed by atoms with Crippen molar-refractivity contribution in [3.8, 4) is 6.07 Å². The first-order valence-corrected chi connectivity index (χ1v) is 5.84. The summed E-state index contributed by atoms with van der Waals surface area (Å²) in [5.41, 5.74) is -0.0520. The third-order valence-corrected chi connectivity index (χ3v) is 2.82. The van der Waals surface area contributed by atoms with Crippen LogP contribution in [0.4, 0.5) is 0 Å². The minimum atomic E-state index is -1.16. The zero-order valence-corrected chi connectivity index (χ0v) is 10.7. The zero-order chi connectivity index (χ0) is 14.7. The molecule has 7 heteroatoms. The van der Waals surface area contributed by atoms with Crippen molar-refractivity contribution >= 4 is 22.4 Å². The Balaban J connectivity index is 2.38. The number of carbonyl (C=O) groups excluding carboxylic acids is 1. The van der Waals surface area contributed by atoms with E-state index in [1.807, 2.05) is 0 Å². The zero-order valence-electron chi connectivity index (χ0n) is 10.7. The molecule has 0 amide bonds. The van der Waals surface area contributed by atoms with Crippen molar-refractivity contribution in [3.05, 3.63) is 34.6 Å². The molecule has 1 heterocycles. The first-order chi connectivity index (χ1) is 9.54. The SMILES string of the molecule is CC(=N)C(C#N)C(=O)Cn1nnc2ccccc2c1=O. The van der Waals surface area contributed by atoms with Crippen LogP contribution in [0, 0.1) is 22.7 Å². The molecule has 1 atom stereocenters. The van der Waals surface area contributed by atoms with Crippen LogP contribution in [0.25, 0.3) is 10.9 Å². The fourth-order valence-electron chi connectivity index (χ4n) is 1.78. The monoisotopic (exact) mass is 269 g/mol. The number of aromatic nitrogens is 3. The normalized spacial score (nSPS) is 11.8. The molecule has 0 bridgehead atoms. The van der Waals surface area contributed by atoms with E-state index in [9.17, 15) is 9.59 Å². The van der Waals surface area contributed by atoms with Crippen molar-refractivity contribution in [1.82, 2.24) is 15.0 Å². The van der Waals surface area contributed by atoms with Gasteiger partial charge in [-0.2, -0.15) is 5.26 Å². The number of Topliss-reactive ketones (excluding diaryl/α,β-unsaturated/α-hetero) is 1. The molecule has 100 valence electrons. The lowest BCUT2D eigenvalue weighted by molar-refractivity contribution is -0.120. The van der Waals surface area contributed by atoms with E-state index in [1.54, 1.807) is 30.3 Å². The summed E-state index contributed by atoms with van der Waals surface area (Å²) in [5.74, 6) is -1.71. The van der Waals surface area contributed by atoms with Crippen LogP contribution in [0.3, 0.4) is 0 Å². The van der Waals surface area contributed by atoms with Gasteiger partial charge in [0.2, 0.25) is 0 Å². The van der Waals surface area contributed by atoms with Gasteiger partial charge in [0.25, 0.3) is 5.56 Å². The van der Waals surface area contributed by atoms with Crippen LogP contribution in [-0.2, 0) is 11.3 Å². The van der Waals surface area contributed by atoms with Crippen molar-refractivity contribution in [2.45, 2.75) is 13.5 Å². The maximum Gasteiger partial charge on any atom is 0.278 e. The minimum absolute atomic E-state index is 0.0562. The lowest BCUT2D eigenvalue weighted by Crippen LogP contribution is -2.32. The Morgan fingerprint density at radius 3 is 2.85 bits per heavy atom. The molecule has 0 fully saturated rings. The van der Waals surface area contributed by atoms with E-state index in [-0.39, 0.29) is 12.3 Å². The number of benzene rings is 1. The van der Waals surface area contributed by atoms with Crippen LogP contribution < -0.4 is 5.56 Å². The van der Waals surface area contributed by atoms with Gasteiger partial charge in [-0.1, -0.05) is 17.3 Å². The molecule has 1 N–H and O–H groups in total. The summed E-state index contributed by atoms with van der Waals surface area (Å²) in [7, 11) is 0. The van der Waals surface area contributed by atoms with Crippen LogP contribution in [0.2, 0.25) is 0 Å². The maximum atomic E-state index is 12.1. The highest BCUT2D eigenvalue weighted by molar-refractivity contribution is 6.05. The Labute approximate surface area is 114 Å². The van der Waals surface area contributed by atoms with Crippen molar-refractivity contribution in [1.29, 1.82) is 10.7 Å². The van der Waals surface area contributed by atoms with E-state index in [1.165, 1.54) is 6.92 Å². The summed E-state index contributed by atoms with van der Waals surface area (Å²) in [6.45, 7) is 1.01. The van der Waals surface area contributed by atoms with E-state index in [0.717, 1.165) is 4.68 Å². The second-order valence-corrected chi connectivity index (χ2v) is 4.28. The van der Waals surface area contributed by atoms with Gasteiger partial charge in [0.05, 0.1) is 11.5 Å². The first kappa shape index (κ1) is 13.5. The molecule has 0 aliphatic heterocycles. The van der Waals surface area contributed by atoms with Crippen LogP contribution in [0.5, 0.6) is 0 Å². The molecule has 0 saturated carbocycles. The molecule has 0 radical (unpaired) electrons. The fraction of sp³-hybridized carbons (Fsp3) is 0.231. The number of ketones is 1. The number of fused-ring (bicyclic) bond motifs is 1. The topological polar surface area (TPSA) is 112 Å². The van der Waals surface area contributed by atoms with Crippen molar-refractivity contribution in [3.63, 3.8) is 0 Å². The third kappa shape index (κ3) is 2.44. The predicted molar refractivity (Wildman–Crippen MR) is 71.3 cm³/mol. The molecule has 0 aliphatic rings. The molecule has 20 heavy (non-hydrogen) atoms. The molecule has 0 saturated heterocycles. The lowest BCUT2D eigenvalue weighted by atomic mass is 10.0. The van der Waals surface area contributed by atoms with Gasteiger partial charge in [-0.3, -0.25) is 9.59 Å². The molecule has 0 aliphatic carbocycles. The van der Waals surface area contributed by atoms with Gasteiger partial charge >= 0.3 is 0 Å². The van der Waals surface area contributed by atoms with Gasteiger partial charge in [-0.25, -0.2) is 4.68 Å². The van der Waals surface area contributed by atoms with Crippen molar-refractivity contribution < 1.29 is 4.79 Å². The second-order valence-electron chi connectivity index (χ2n) is 4.28. The van der Waals surface area contributed by atoms with Crippen LogP contribution >= 0.6 is 0 Å². The van der Waals surface area contributed by atoms with Crippen LogP contribution in [0.1, 0.15) is 6.92 Å². The highest BCUT2D eigenvalue weighted by atomic mass is 16.1. The van der Waals surface area contributed by atoms with E-state index >= 15 is 0 Å². The number of carbonyl (C=O) groups is 1. The molecule has 1 aromatic heterocycles. The lowest BCUT2D eigenvalue weighted by Gasteiger charge is -2.07. The van der Waals surface area contributed by atoms with Crippen molar-refractivity contribution in [2.24, 2.45) is 5.92 Å². The second kappa shape index (κ2) is 5.40. The maximum absolute atomic E-state index is 12.1. The molecular formula is C13H11N5O2. The number of hydrogen-bond acceptors (Lipinski definition) is 6. The summed E-state index contributed by atoms with van der Waals surface area (Å²) < 4.78 is 0.915. The Kier molecular flexibility index (Phi) is 3.66. The Hall–Kier alpha value is -2.88. The summed E-state index contributed by atoms with van der Waals surface area (Å²) in [5, 5.41) is 24.1. The van der Waals surface area contributed by atoms with Gasteiger partial charge in [0.1, 0.15) is 18.0 Å². The van der Waals surface area contributed by atoms with E-state index in [4.69, 9.17) is 10.7 Å². The Morgan fingerprint density at radius 2 is 2.20 bits per heavy atom. The predicted octanol–water partition coefficient (Wildman–Crippen LogP) is 0.540. The minimum Gasteiger partial charge on any atom is -0.308 e. The number of hydrogen-bond donors (Lipinski definition) is 1. The molecule has 0 spiro atoms. The number of nitrogens with zero attached hydrogens (tertiary/aromatic N) is 4. The molecule has 1 unspecified atom stereocenters. The summed E-state index contributed by atoms with van der Waals surface area (Å²) in [6, 6.07) is 8.41. The largest absolute Gasteiger partial charge is 0.308 e. The molecular weight excluding hydrogens is 258 g/mol. The number of nitriles is 1. The summed E-state index contributed by atoms with van der Waals surface area (Å²) in [4.78, 5) is 24.0. The van der Waals surface area contributed by atoms with Crippen LogP contribution in [0.15, 0.2) is 29.1 Å². The fourth-order valence-corrected chi connectivity index (χ4v) is 1.78. The molecule has 1 aromatic carbocycles. The summed E-state index contributed by atoms with van der Waals surface area (Å²) >= 11 is 0. The van der Waals surface area contributed by atoms with Crippen LogP contribution in [-0.4, -0.2) is 26.5 Å². The van der Waals surface area contributed by atoms with E-state index in [0.29, 0.717) is 10.9 Å². The van der Waals surface area contributed by atoms with Gasteiger partial charge in [0.15, 0.2) is 5.78 Å². The van der Waals surface area contributed by atoms with Gasteiger partial charge in [0, 0.05) is 5.71 Å².